The topological polar surface area (TPSA) is 84.7 Å². The summed E-state index contributed by atoms with van der Waals surface area (Å²) >= 11 is 0. The van der Waals surface area contributed by atoms with Crippen LogP contribution in [0.15, 0.2) is 0 Å². The van der Waals surface area contributed by atoms with E-state index in [2.05, 4.69) is 26.1 Å². The van der Waals surface area contributed by atoms with Crippen LogP contribution in [0.3, 0.4) is 0 Å². The summed E-state index contributed by atoms with van der Waals surface area (Å²) in [5.74, 6) is -0.0728. The van der Waals surface area contributed by atoms with Gasteiger partial charge in [-0.05, 0) is 37.1 Å². The molecule has 0 saturated carbocycles. The van der Waals surface area contributed by atoms with Crippen LogP contribution < -0.4 is 11.1 Å². The maximum Gasteiger partial charge on any atom is 0.245 e. The number of hydrogen-bond donors (Lipinski definition) is 2. The van der Waals surface area contributed by atoms with Crippen molar-refractivity contribution in [1.82, 2.24) is 10.2 Å². The first-order valence-corrected chi connectivity index (χ1v) is 10.6. The first-order chi connectivity index (χ1) is 12.7. The van der Waals surface area contributed by atoms with Gasteiger partial charge in [0.05, 0.1) is 13.2 Å². The van der Waals surface area contributed by atoms with E-state index in [1.54, 1.807) is 0 Å². The molecule has 6 heteroatoms. The number of nitrogens with one attached hydrogen (secondary N) is 1. The molecule has 1 heterocycles. The van der Waals surface area contributed by atoms with E-state index in [1.165, 1.54) is 0 Å². The smallest absolute Gasteiger partial charge is 0.245 e. The molecule has 1 aliphatic heterocycles. The second-order valence-corrected chi connectivity index (χ2v) is 11.1. The van der Waals surface area contributed by atoms with Gasteiger partial charge in [0, 0.05) is 24.4 Å². The van der Waals surface area contributed by atoms with Crippen LogP contribution in [0, 0.1) is 16.2 Å². The van der Waals surface area contributed by atoms with Crippen LogP contribution in [-0.2, 0) is 14.3 Å². The van der Waals surface area contributed by atoms with E-state index in [1.807, 2.05) is 39.5 Å². The third-order valence-corrected chi connectivity index (χ3v) is 5.43. The summed E-state index contributed by atoms with van der Waals surface area (Å²) in [6.07, 6.45) is 2.37. The van der Waals surface area contributed by atoms with Gasteiger partial charge in [0.25, 0.3) is 0 Å². The van der Waals surface area contributed by atoms with Gasteiger partial charge < -0.3 is 20.7 Å². The lowest BCUT2D eigenvalue weighted by atomic mass is 9.84. The zero-order valence-corrected chi connectivity index (χ0v) is 19.4. The number of carbonyl (C=O) groups is 2. The number of nitrogens with two attached hydrogens (primary N) is 1. The monoisotopic (exact) mass is 397 g/mol. The quantitative estimate of drug-likeness (QED) is 0.626. The Labute approximate surface area is 171 Å². The second-order valence-electron chi connectivity index (χ2n) is 11.1. The minimum atomic E-state index is -0.520. The fourth-order valence-corrected chi connectivity index (χ4v) is 3.44. The van der Waals surface area contributed by atoms with Gasteiger partial charge in [-0.1, -0.05) is 48.5 Å². The minimum Gasteiger partial charge on any atom is -0.380 e. The van der Waals surface area contributed by atoms with E-state index in [9.17, 15) is 9.59 Å². The van der Waals surface area contributed by atoms with E-state index >= 15 is 0 Å². The third-order valence-electron chi connectivity index (χ3n) is 5.43. The van der Waals surface area contributed by atoms with Crippen LogP contribution >= 0.6 is 0 Å². The van der Waals surface area contributed by atoms with Gasteiger partial charge in [0.1, 0.15) is 6.04 Å². The van der Waals surface area contributed by atoms with Crippen LogP contribution in [-0.4, -0.2) is 55.1 Å². The SMILES string of the molecule is CC1CCCN1C(=O)C(NC(=O)CC(C)(C)COCC(C)(C)CN)C(C)(C)C. The maximum atomic E-state index is 13.1. The third kappa shape index (κ3) is 7.70. The number of carbonyl (C=O) groups excluding carboxylic acids is 2. The summed E-state index contributed by atoms with van der Waals surface area (Å²) in [7, 11) is 0. The molecule has 1 saturated heterocycles. The van der Waals surface area contributed by atoms with Crippen LogP contribution in [0.4, 0.5) is 0 Å². The Bertz CT molecular complexity index is 538. The molecule has 2 unspecified atom stereocenters. The molecular weight excluding hydrogens is 354 g/mol. The van der Waals surface area contributed by atoms with Gasteiger partial charge in [0.2, 0.25) is 11.8 Å². The molecule has 0 bridgehead atoms. The van der Waals surface area contributed by atoms with Crippen molar-refractivity contribution in [1.29, 1.82) is 0 Å². The molecule has 3 N–H and O–H groups in total. The van der Waals surface area contributed by atoms with Crippen molar-refractivity contribution in [2.75, 3.05) is 26.3 Å². The van der Waals surface area contributed by atoms with E-state index in [0.29, 0.717) is 26.2 Å². The first-order valence-electron chi connectivity index (χ1n) is 10.6. The molecule has 0 radical (unpaired) electrons. The largest absolute Gasteiger partial charge is 0.380 e. The maximum absolute atomic E-state index is 13.1. The highest BCUT2D eigenvalue weighted by molar-refractivity contribution is 5.88. The lowest BCUT2D eigenvalue weighted by Crippen LogP contribution is -2.55. The molecule has 0 aromatic rings. The number of ether oxygens (including phenoxy) is 1. The normalized spacial score (nSPS) is 19.6. The zero-order chi connectivity index (χ0) is 21.8. The molecule has 0 aromatic heterocycles. The van der Waals surface area contributed by atoms with E-state index < -0.39 is 6.04 Å². The van der Waals surface area contributed by atoms with Crippen molar-refractivity contribution in [3.05, 3.63) is 0 Å². The average Bonchev–Trinajstić information content (AvgIpc) is 2.96. The Balaban J connectivity index is 2.68. The highest BCUT2D eigenvalue weighted by Gasteiger charge is 2.39. The van der Waals surface area contributed by atoms with Crippen molar-refractivity contribution in [2.24, 2.45) is 22.0 Å². The number of likely N-dealkylation sites (tertiary alicyclic amines) is 1. The molecule has 1 fully saturated rings. The molecule has 2 atom stereocenters. The Morgan fingerprint density at radius 1 is 1.11 bits per heavy atom. The van der Waals surface area contributed by atoms with Gasteiger partial charge in [-0.3, -0.25) is 9.59 Å². The Morgan fingerprint density at radius 2 is 1.68 bits per heavy atom. The van der Waals surface area contributed by atoms with Crippen molar-refractivity contribution in [3.8, 4) is 0 Å². The molecule has 0 aromatic carbocycles. The van der Waals surface area contributed by atoms with Gasteiger partial charge in [-0.2, -0.15) is 0 Å². The van der Waals surface area contributed by atoms with Crippen molar-refractivity contribution >= 4 is 11.8 Å². The summed E-state index contributed by atoms with van der Waals surface area (Å²) in [5.41, 5.74) is 5.00. The molecule has 6 nitrogen and oxygen atoms in total. The zero-order valence-electron chi connectivity index (χ0n) is 19.4. The van der Waals surface area contributed by atoms with Crippen LogP contribution in [0.1, 0.15) is 74.7 Å². The highest BCUT2D eigenvalue weighted by Crippen LogP contribution is 2.27. The van der Waals surface area contributed by atoms with E-state index in [4.69, 9.17) is 10.5 Å². The number of nitrogens with zero attached hydrogens (tertiary/aromatic N) is 1. The predicted octanol–water partition coefficient (Wildman–Crippen LogP) is 2.95. The minimum absolute atomic E-state index is 0.0320. The molecule has 0 spiro atoms. The summed E-state index contributed by atoms with van der Waals surface area (Å²) in [6, 6.07) is -0.279. The van der Waals surface area contributed by atoms with Crippen LogP contribution in [0.2, 0.25) is 0 Å². The first kappa shape index (κ1) is 24.9. The summed E-state index contributed by atoms with van der Waals surface area (Å²) in [6.45, 7) is 18.6. The molecule has 164 valence electrons. The molecule has 1 rings (SSSR count). The van der Waals surface area contributed by atoms with Crippen molar-refractivity contribution in [3.63, 3.8) is 0 Å². The van der Waals surface area contributed by atoms with Crippen molar-refractivity contribution < 1.29 is 14.3 Å². The average molecular weight is 398 g/mol. The predicted molar refractivity (Wildman–Crippen MR) is 114 cm³/mol. The number of rotatable bonds is 9. The van der Waals surface area contributed by atoms with Crippen LogP contribution in [0.25, 0.3) is 0 Å². The number of hydrogen-bond acceptors (Lipinski definition) is 4. The van der Waals surface area contributed by atoms with Crippen LogP contribution in [0.5, 0.6) is 0 Å². The molecule has 0 aliphatic carbocycles. The molecular formula is C22H43N3O3. The van der Waals surface area contributed by atoms with Gasteiger partial charge >= 0.3 is 0 Å². The molecule has 2 amide bonds. The fraction of sp³-hybridized carbons (Fsp3) is 0.909. The number of amides is 2. The van der Waals surface area contributed by atoms with E-state index in [0.717, 1.165) is 19.4 Å². The molecule has 28 heavy (non-hydrogen) atoms. The Hall–Kier alpha value is -1.14. The highest BCUT2D eigenvalue weighted by atomic mass is 16.5. The lowest BCUT2D eigenvalue weighted by molar-refractivity contribution is -0.140. The summed E-state index contributed by atoms with van der Waals surface area (Å²) in [5, 5.41) is 3.02. The van der Waals surface area contributed by atoms with Gasteiger partial charge in [-0.25, -0.2) is 0 Å². The van der Waals surface area contributed by atoms with E-state index in [-0.39, 0.29) is 34.1 Å². The Kier molecular flexibility index (Phi) is 8.51. The van der Waals surface area contributed by atoms with Gasteiger partial charge in [-0.15, -0.1) is 0 Å². The summed E-state index contributed by atoms with van der Waals surface area (Å²) < 4.78 is 5.83. The lowest BCUT2D eigenvalue weighted by Gasteiger charge is -2.36. The van der Waals surface area contributed by atoms with Gasteiger partial charge in [0.15, 0.2) is 0 Å². The molecule has 1 aliphatic rings. The Morgan fingerprint density at radius 3 is 2.14 bits per heavy atom. The van der Waals surface area contributed by atoms with Crippen molar-refractivity contribution in [2.45, 2.75) is 86.7 Å². The standard InChI is InChI=1S/C22H43N3O3/c1-16-10-9-11-25(16)19(27)18(20(2,3)4)24-17(26)12-21(5,6)14-28-15-22(7,8)13-23/h16,18H,9-15,23H2,1-8H3,(H,24,26). The fourth-order valence-electron chi connectivity index (χ4n) is 3.44. The summed E-state index contributed by atoms with van der Waals surface area (Å²) in [4.78, 5) is 27.8. The second kappa shape index (κ2) is 9.57.